The predicted molar refractivity (Wildman–Crippen MR) is 65.8 cm³/mol. The lowest BCUT2D eigenvalue weighted by molar-refractivity contribution is 0.569. The second-order valence-corrected chi connectivity index (χ2v) is 5.15. The van der Waals surface area contributed by atoms with Crippen LogP contribution in [0, 0.1) is 6.92 Å². The number of hydrogen-bond donors (Lipinski definition) is 2. The lowest BCUT2D eigenvalue weighted by Gasteiger charge is -2.08. The molecule has 0 bridgehead atoms. The highest BCUT2D eigenvalue weighted by Crippen LogP contribution is 2.20. The molecule has 0 fully saturated rings. The van der Waals surface area contributed by atoms with Crippen molar-refractivity contribution in [1.29, 1.82) is 0 Å². The van der Waals surface area contributed by atoms with Crippen molar-refractivity contribution in [3.63, 3.8) is 0 Å². The molecular weight excluding hydrogens is 256 g/mol. The van der Waals surface area contributed by atoms with E-state index in [1.165, 1.54) is 24.6 Å². The lowest BCUT2D eigenvalue weighted by Crippen LogP contribution is -2.15. The van der Waals surface area contributed by atoms with Crippen LogP contribution in [-0.2, 0) is 10.0 Å². The molecule has 7 nitrogen and oxygen atoms in total. The number of oxazole rings is 1. The zero-order valence-electron chi connectivity index (χ0n) is 9.84. The van der Waals surface area contributed by atoms with E-state index in [1.807, 2.05) is 0 Å². The van der Waals surface area contributed by atoms with Gasteiger partial charge in [0.15, 0.2) is 0 Å². The number of hydrogen-bond acceptors (Lipinski definition) is 6. The van der Waals surface area contributed by atoms with Gasteiger partial charge in [0.05, 0.1) is 5.69 Å². The molecule has 96 valence electrons. The fourth-order valence-corrected chi connectivity index (χ4v) is 2.47. The summed E-state index contributed by atoms with van der Waals surface area (Å²) in [6.45, 7) is 1.70. The first-order chi connectivity index (χ1) is 8.53. The second kappa shape index (κ2) is 4.65. The van der Waals surface area contributed by atoms with Gasteiger partial charge in [0.2, 0.25) is 0 Å². The molecule has 0 saturated carbocycles. The summed E-state index contributed by atoms with van der Waals surface area (Å²) in [4.78, 5) is 7.84. The summed E-state index contributed by atoms with van der Waals surface area (Å²) in [6, 6.07) is 2.91. The minimum Gasteiger partial charge on any atom is -0.431 e. The largest absolute Gasteiger partial charge is 0.431 e. The van der Waals surface area contributed by atoms with Crippen LogP contribution in [0.2, 0.25) is 0 Å². The molecule has 8 heteroatoms. The van der Waals surface area contributed by atoms with Gasteiger partial charge < -0.3 is 9.73 Å². The molecule has 2 heterocycles. The molecule has 0 amide bonds. The number of aryl methyl sites for hydroxylation is 1. The van der Waals surface area contributed by atoms with Crippen LogP contribution < -0.4 is 10.0 Å². The maximum Gasteiger partial charge on any atom is 0.309 e. The van der Waals surface area contributed by atoms with E-state index in [0.29, 0.717) is 5.69 Å². The Morgan fingerprint density at radius 1 is 1.39 bits per heavy atom. The van der Waals surface area contributed by atoms with Crippen LogP contribution in [0.1, 0.15) is 5.69 Å². The van der Waals surface area contributed by atoms with Crippen molar-refractivity contribution in [2.75, 3.05) is 17.1 Å². The minimum atomic E-state index is -3.77. The Morgan fingerprint density at radius 3 is 2.78 bits per heavy atom. The number of aromatic nitrogens is 2. The van der Waals surface area contributed by atoms with Crippen molar-refractivity contribution >= 4 is 21.9 Å². The maximum absolute atomic E-state index is 12.1. The summed E-state index contributed by atoms with van der Waals surface area (Å²) in [7, 11) is -2.18. The zero-order chi connectivity index (χ0) is 13.2. The van der Waals surface area contributed by atoms with E-state index in [1.54, 1.807) is 14.0 Å². The van der Waals surface area contributed by atoms with Crippen molar-refractivity contribution < 1.29 is 12.8 Å². The smallest absolute Gasteiger partial charge is 0.309 e. The second-order valence-electron chi connectivity index (χ2n) is 3.50. The molecule has 18 heavy (non-hydrogen) atoms. The maximum atomic E-state index is 12.1. The van der Waals surface area contributed by atoms with Crippen molar-refractivity contribution in [3.8, 4) is 0 Å². The van der Waals surface area contributed by atoms with Crippen LogP contribution in [0.5, 0.6) is 0 Å². The molecule has 2 aromatic heterocycles. The van der Waals surface area contributed by atoms with E-state index < -0.39 is 10.0 Å². The normalized spacial score (nSPS) is 11.2. The highest BCUT2D eigenvalue weighted by atomic mass is 32.2. The van der Waals surface area contributed by atoms with Crippen LogP contribution in [0.3, 0.4) is 0 Å². The predicted octanol–water partition coefficient (Wildman–Crippen LogP) is 1.22. The molecule has 2 N–H and O–H groups in total. The fraction of sp³-hybridized carbons (Fsp3) is 0.200. The van der Waals surface area contributed by atoms with E-state index in [0.717, 1.165) is 0 Å². The highest BCUT2D eigenvalue weighted by molar-refractivity contribution is 7.92. The Bertz CT molecular complexity index is 651. The van der Waals surface area contributed by atoms with Gasteiger partial charge in [0.1, 0.15) is 17.0 Å². The van der Waals surface area contributed by atoms with Gasteiger partial charge in [-0.1, -0.05) is 0 Å². The number of rotatable bonds is 4. The SMILES string of the molecule is CNc1ncccc1S(=O)(=O)Nc1nc(C)co1. The van der Waals surface area contributed by atoms with Crippen molar-refractivity contribution in [2.24, 2.45) is 0 Å². The Balaban J connectivity index is 2.36. The summed E-state index contributed by atoms with van der Waals surface area (Å²) in [5, 5.41) is 2.71. The van der Waals surface area contributed by atoms with Gasteiger partial charge in [-0.15, -0.1) is 0 Å². The van der Waals surface area contributed by atoms with Crippen LogP contribution in [0.4, 0.5) is 11.8 Å². The number of pyridine rings is 1. The van der Waals surface area contributed by atoms with Gasteiger partial charge >= 0.3 is 6.01 Å². The summed E-state index contributed by atoms with van der Waals surface area (Å²) < 4.78 is 31.4. The molecule has 0 unspecified atom stereocenters. The quantitative estimate of drug-likeness (QED) is 0.865. The van der Waals surface area contributed by atoms with Gasteiger partial charge in [0.25, 0.3) is 10.0 Å². The Kier molecular flexibility index (Phi) is 3.19. The minimum absolute atomic E-state index is 0.0309. The van der Waals surface area contributed by atoms with Crippen LogP contribution >= 0.6 is 0 Å². The molecule has 0 spiro atoms. The van der Waals surface area contributed by atoms with Crippen molar-refractivity contribution in [2.45, 2.75) is 11.8 Å². The lowest BCUT2D eigenvalue weighted by atomic mass is 10.5. The van der Waals surface area contributed by atoms with Gasteiger partial charge in [-0.2, -0.15) is 4.98 Å². The summed E-state index contributed by atoms with van der Waals surface area (Å²) in [5.74, 6) is 0.258. The molecule has 0 aliphatic heterocycles. The Labute approximate surface area is 104 Å². The zero-order valence-corrected chi connectivity index (χ0v) is 10.7. The molecule has 0 aliphatic rings. The molecule has 0 atom stereocenters. The average molecular weight is 268 g/mol. The number of nitrogens with zero attached hydrogens (tertiary/aromatic N) is 2. The van der Waals surface area contributed by atoms with Gasteiger partial charge in [-0.25, -0.2) is 18.1 Å². The van der Waals surface area contributed by atoms with E-state index >= 15 is 0 Å². The van der Waals surface area contributed by atoms with E-state index in [4.69, 9.17) is 4.42 Å². The topological polar surface area (TPSA) is 97.1 Å². The molecule has 0 aliphatic carbocycles. The molecule has 2 rings (SSSR count). The van der Waals surface area contributed by atoms with Gasteiger partial charge in [-0.3, -0.25) is 0 Å². The average Bonchev–Trinajstić information content (AvgIpc) is 2.74. The van der Waals surface area contributed by atoms with Crippen LogP contribution in [0.15, 0.2) is 33.9 Å². The first kappa shape index (κ1) is 12.4. The Morgan fingerprint density at radius 2 is 2.17 bits per heavy atom. The third-order valence-corrected chi connectivity index (χ3v) is 3.49. The first-order valence-electron chi connectivity index (χ1n) is 5.10. The fourth-order valence-electron chi connectivity index (χ4n) is 1.37. The Hall–Kier alpha value is -2.09. The first-order valence-corrected chi connectivity index (χ1v) is 6.59. The van der Waals surface area contributed by atoms with Crippen LogP contribution in [-0.4, -0.2) is 25.4 Å². The molecular formula is C10H12N4O3S. The highest BCUT2D eigenvalue weighted by Gasteiger charge is 2.20. The molecule has 2 aromatic rings. The van der Waals surface area contributed by atoms with Crippen LogP contribution in [0.25, 0.3) is 0 Å². The number of nitrogens with one attached hydrogen (secondary N) is 2. The molecule has 0 saturated heterocycles. The van der Waals surface area contributed by atoms with Gasteiger partial charge in [0, 0.05) is 13.2 Å². The van der Waals surface area contributed by atoms with Crippen molar-refractivity contribution in [3.05, 3.63) is 30.3 Å². The summed E-state index contributed by atoms with van der Waals surface area (Å²) in [5.41, 5.74) is 0.590. The third-order valence-electron chi connectivity index (χ3n) is 2.14. The van der Waals surface area contributed by atoms with E-state index in [2.05, 4.69) is 20.0 Å². The van der Waals surface area contributed by atoms with E-state index in [9.17, 15) is 8.42 Å². The van der Waals surface area contributed by atoms with Crippen molar-refractivity contribution in [1.82, 2.24) is 9.97 Å². The number of sulfonamides is 1. The molecule has 0 radical (unpaired) electrons. The standard InChI is InChI=1S/C10H12N4O3S/c1-7-6-17-10(13-7)14-18(15,16)8-4-3-5-12-9(8)11-2/h3-6H,1-2H3,(H,11,12)(H,13,14). The third kappa shape index (κ3) is 2.43. The number of anilines is 2. The van der Waals surface area contributed by atoms with Gasteiger partial charge in [-0.05, 0) is 19.1 Å². The monoisotopic (exact) mass is 268 g/mol. The molecule has 0 aromatic carbocycles. The van der Waals surface area contributed by atoms with E-state index in [-0.39, 0.29) is 16.7 Å². The summed E-state index contributed by atoms with van der Waals surface area (Å²) in [6.07, 6.45) is 2.86. The summed E-state index contributed by atoms with van der Waals surface area (Å²) >= 11 is 0.